The third-order valence-electron chi connectivity index (χ3n) is 13.4. The van der Waals surface area contributed by atoms with Gasteiger partial charge in [0.1, 0.15) is 17.2 Å². The summed E-state index contributed by atoms with van der Waals surface area (Å²) in [7, 11) is 0. The fourth-order valence-corrected chi connectivity index (χ4v) is 9.54. The average Bonchev–Trinajstić information content (AvgIpc) is 1.62. The van der Waals surface area contributed by atoms with Crippen molar-refractivity contribution >= 4 is 17.1 Å². The predicted octanol–water partition coefficient (Wildman–Crippen LogP) is 17.2. The Labute approximate surface area is 568 Å². The van der Waals surface area contributed by atoms with Gasteiger partial charge in [-0.15, -0.1) is 0 Å². The Morgan fingerprint density at radius 3 is 1.29 bits per heavy atom. The van der Waals surface area contributed by atoms with E-state index in [0.717, 1.165) is 13.3 Å². The van der Waals surface area contributed by atoms with Crippen LogP contribution in [0.25, 0.3) is 83.1 Å². The molecule has 90 heavy (non-hydrogen) atoms. The molecule has 3 atom stereocenters. The van der Waals surface area contributed by atoms with Gasteiger partial charge in [0.15, 0.2) is 0 Å². The molecule has 0 unspecified atom stereocenters. The third-order valence-corrected chi connectivity index (χ3v) is 13.4. The summed E-state index contributed by atoms with van der Waals surface area (Å²) in [5.74, 6) is -2.81. The minimum Gasteiger partial charge on any atom is -0.502 e. The first kappa shape index (κ1) is 36.2. The number of hydrogen-bond donors (Lipinski definition) is 3. The molecule has 9 aromatic rings. The molecule has 0 fully saturated rings. The monoisotopic (exact) mass is 1240 g/mol. The summed E-state index contributed by atoms with van der Waals surface area (Å²) in [6, 6.07) is -12.0. The maximum Gasteiger partial charge on any atom is 0.256 e. The molecule has 0 radical (unpaired) electrons. The smallest absolute Gasteiger partial charge is 0.256 e. The van der Waals surface area contributed by atoms with E-state index in [1.807, 2.05) is 6.92 Å². The molecule has 3 aliphatic carbocycles. The summed E-state index contributed by atoms with van der Waals surface area (Å²) >= 11 is 0. The summed E-state index contributed by atoms with van der Waals surface area (Å²) < 4.78 is 274. The zero-order valence-electron chi connectivity index (χ0n) is 79.4. The second kappa shape index (κ2) is 29.7. The highest BCUT2D eigenvalue weighted by molar-refractivity contribution is 5.74. The summed E-state index contributed by atoms with van der Waals surface area (Å²) in [4.78, 5) is 22.6. The first-order valence-corrected chi connectivity index (χ1v) is 28.4. The number of benzene rings is 6. The van der Waals surface area contributed by atoms with Crippen molar-refractivity contribution in [1.82, 2.24) is 46.4 Å². The van der Waals surface area contributed by atoms with Crippen molar-refractivity contribution in [3.05, 3.63) is 176 Å². The number of nitrogens with one attached hydrogen (secondary N) is 3. The number of nitrogens with zero attached hydrogens (tertiary/aromatic N) is 9. The number of hydrogen-bond acceptors (Lipinski definition) is 15. The lowest BCUT2D eigenvalue weighted by atomic mass is 10.0. The Kier molecular flexibility index (Phi) is 11.9. The summed E-state index contributed by atoms with van der Waals surface area (Å²) in [5, 5.41) is 20.1. The zero-order chi connectivity index (χ0) is 88.9. The van der Waals surface area contributed by atoms with E-state index in [1.54, 1.807) is 6.92 Å². The van der Waals surface area contributed by atoms with Gasteiger partial charge in [0.25, 0.3) is 17.7 Å². The molecule has 0 saturated carbocycles. The largest absolute Gasteiger partial charge is 0.502 e. The van der Waals surface area contributed by atoms with Crippen LogP contribution < -0.4 is 30.2 Å². The highest BCUT2D eigenvalue weighted by Crippen LogP contribution is 2.42. The third kappa shape index (κ3) is 14.6. The van der Waals surface area contributed by atoms with Crippen LogP contribution >= 0.6 is 0 Å². The van der Waals surface area contributed by atoms with Crippen molar-refractivity contribution in [3.63, 3.8) is 0 Å². The molecule has 0 spiro atoms. The van der Waals surface area contributed by atoms with Crippen molar-refractivity contribution in [3.8, 4) is 85.8 Å². The van der Waals surface area contributed by atoms with Crippen molar-refractivity contribution in [2.24, 2.45) is 0 Å². The molecule has 0 amide bonds. The second-order valence-electron chi connectivity index (χ2n) is 20.4. The molecular formula is C72H78N12O6. The van der Waals surface area contributed by atoms with E-state index in [0.29, 0.717) is 41.6 Å². The van der Waals surface area contributed by atoms with Crippen molar-refractivity contribution in [2.75, 3.05) is 19.5 Å². The Balaban J connectivity index is 0.000000188. The molecule has 3 aromatic heterocycles. The van der Waals surface area contributed by atoms with E-state index in [4.69, 9.17) is 87.2 Å². The number of aromatic nitrogens is 6. The average molecular weight is 1240 g/mol. The van der Waals surface area contributed by atoms with Gasteiger partial charge in [0.2, 0.25) is 34.5 Å². The highest BCUT2D eigenvalue weighted by Gasteiger charge is 2.30. The second-order valence-corrected chi connectivity index (χ2v) is 20.4. The van der Waals surface area contributed by atoms with Crippen molar-refractivity contribution in [2.45, 2.75) is 156 Å². The van der Waals surface area contributed by atoms with Crippen LogP contribution in [0.4, 0.5) is 17.1 Å². The Morgan fingerprint density at radius 2 is 0.911 bits per heavy atom. The Bertz CT molecular complexity index is 5720. The van der Waals surface area contributed by atoms with Gasteiger partial charge in [-0.2, -0.15) is 15.0 Å². The first-order valence-electron chi connectivity index (χ1n) is 42.9. The first-order chi connectivity index (χ1) is 55.0. The number of rotatable bonds is 21. The zero-order valence-corrected chi connectivity index (χ0v) is 50.4. The highest BCUT2D eigenvalue weighted by atomic mass is 16.5. The molecular weight excluding hydrogens is 1130 g/mol. The number of ether oxygens (including phenoxy) is 3. The van der Waals surface area contributed by atoms with Gasteiger partial charge in [-0.25, -0.2) is 14.5 Å². The number of fused-ring (bicyclic) bond motifs is 3. The molecule has 18 nitrogen and oxygen atoms in total. The molecule has 0 aliphatic heterocycles. The lowest BCUT2D eigenvalue weighted by Crippen LogP contribution is -2.19. The van der Waals surface area contributed by atoms with Crippen LogP contribution in [0.15, 0.2) is 122 Å². The Morgan fingerprint density at radius 1 is 0.522 bits per heavy atom. The summed E-state index contributed by atoms with van der Waals surface area (Å²) in [6.07, 6.45) is -4.69. The van der Waals surface area contributed by atoms with Crippen molar-refractivity contribution < 1.29 is 67.5 Å². The summed E-state index contributed by atoms with van der Waals surface area (Å²) in [5.41, 5.74) is -0.255. The van der Waals surface area contributed by atoms with E-state index in [2.05, 4.69) is 60.9 Å². The van der Waals surface area contributed by atoms with Crippen LogP contribution in [0, 0.1) is 19.7 Å². The van der Waals surface area contributed by atoms with E-state index in [1.165, 1.54) is 41.5 Å². The van der Waals surface area contributed by atoms with Gasteiger partial charge in [0, 0.05) is 63.8 Å². The maximum atomic E-state index is 8.93. The maximum absolute atomic E-state index is 8.93. The van der Waals surface area contributed by atoms with E-state index in [9.17, 15) is 0 Å². The van der Waals surface area contributed by atoms with Crippen LogP contribution in [0.5, 0.6) is 17.2 Å². The Hall–Kier alpha value is -9.51. The van der Waals surface area contributed by atoms with Gasteiger partial charge in [-0.1, -0.05) is 90.6 Å². The van der Waals surface area contributed by atoms with E-state index < -0.39 is 169 Å². The summed E-state index contributed by atoms with van der Waals surface area (Å²) in [6.45, 7) is 31.6. The van der Waals surface area contributed by atoms with Crippen LogP contribution in [0.2, 0.25) is 0 Å². The molecule has 3 N–H and O–H groups in total. The van der Waals surface area contributed by atoms with Crippen LogP contribution in [0.3, 0.4) is 0 Å². The van der Waals surface area contributed by atoms with Crippen LogP contribution in [0.1, 0.15) is 192 Å². The molecule has 0 saturated heterocycles. The van der Waals surface area contributed by atoms with E-state index >= 15 is 0 Å². The lowest BCUT2D eigenvalue weighted by molar-refractivity contribution is 0.244. The fourth-order valence-electron chi connectivity index (χ4n) is 9.54. The predicted molar refractivity (Wildman–Crippen MR) is 350 cm³/mol. The molecule has 3 aliphatic rings. The molecule has 0 bridgehead atoms. The van der Waals surface area contributed by atoms with Crippen molar-refractivity contribution in [1.29, 1.82) is 0 Å². The molecule has 12 rings (SSSR count). The SMILES string of the molecule is [2H]c1c([2H])c(-c2noc(-c3c([2H])c([2H])c(OC([2H])(C)C)c([N+]#[C-])c3[2H])n2)c2c(c1[2H])[C@@H](NC([2H])([2H])C([2H])([2H])C)CC2.[2H]c1c([2H])c(-c2noc(-c3c([2H])c([2H])c(OC([2H])(C)C)c([N+]#[C-])c3[2H])n2)c2c(c1[2H])[C@@]([2H])(NC([2H])([2H])CC)CC2.[2H]c1c([2H])c(-c2noc(-c3c([2H])c([2H])c(OC([2H])(C)C)c([N+]#[C-])c3[2H])n2)c2c(c1[2H])[C@@]([2H])(NCCC)CC2. The topological polar surface area (TPSA) is 194 Å². The van der Waals surface area contributed by atoms with Gasteiger partial charge in [-0.3, -0.25) is 0 Å². The van der Waals surface area contributed by atoms with Gasteiger partial charge >= 0.3 is 0 Å². The molecule has 3 heterocycles. The van der Waals surface area contributed by atoms with Crippen LogP contribution in [-0.2, 0) is 19.3 Å². The van der Waals surface area contributed by atoms with Crippen LogP contribution in [-0.4, -0.2) is 68.2 Å². The standard InChI is InChI=1S/3C24H26N4O2/c3*1-5-13-26-20-11-10-17-18(20)7-6-8-19(17)23-27-24(30-28-23)16-9-12-22(29-15(2)3)21(14-16)25-4/h3*6-9,12,14-15,20,26H,5,10-11,13H2,1-3H3/t3*20-/m000/s1/i6D,7D,8D,9D,12D,13D2,14D,15D,20D;5D2,6D,7D,8D,9D,12D,13D2,14D,15D;6D,7D,8D,9D,12D,14D,15D,20D. The van der Waals surface area contributed by atoms with Gasteiger partial charge < -0.3 is 43.7 Å². The fraction of sp³-hybridized carbons (Fsp3) is 0.375. The van der Waals surface area contributed by atoms with Gasteiger partial charge in [0.05, 0.1) is 65.4 Å². The van der Waals surface area contributed by atoms with E-state index in [-0.39, 0.29) is 142 Å². The normalized spacial score (nSPS) is 22.3. The lowest BCUT2D eigenvalue weighted by Gasteiger charge is -2.13. The quantitative estimate of drug-likeness (QED) is 0.0575. The van der Waals surface area contributed by atoms with Gasteiger partial charge in [-0.05, 0) is 207 Å². The minimum atomic E-state index is -2.47. The minimum absolute atomic E-state index is 0.00412. The molecule has 6 aromatic carbocycles. The molecule has 462 valence electrons. The molecule has 18 heteroatoms.